The van der Waals surface area contributed by atoms with Crippen molar-refractivity contribution in [3.8, 4) is 11.6 Å². The summed E-state index contributed by atoms with van der Waals surface area (Å²) in [7, 11) is 0. The quantitative estimate of drug-likeness (QED) is 0.665. The largest absolute Gasteiger partial charge is 0.465 e. The van der Waals surface area contributed by atoms with Crippen molar-refractivity contribution < 1.29 is 19.0 Å². The van der Waals surface area contributed by atoms with Crippen molar-refractivity contribution in [2.24, 2.45) is 0 Å². The highest BCUT2D eigenvalue weighted by atomic mass is 32.2. The molecule has 20 heavy (non-hydrogen) atoms. The van der Waals surface area contributed by atoms with Crippen LogP contribution in [0, 0.1) is 5.82 Å². The zero-order valence-corrected chi connectivity index (χ0v) is 11.1. The fourth-order valence-corrected chi connectivity index (χ4v) is 1.67. The molecule has 0 bridgehead atoms. The molecule has 1 aromatic heterocycles. The molecule has 104 valence electrons. The van der Waals surface area contributed by atoms with Crippen LogP contribution >= 0.6 is 11.8 Å². The Morgan fingerprint density at radius 2 is 2.10 bits per heavy atom. The molecule has 0 radical (unpaired) electrons. The summed E-state index contributed by atoms with van der Waals surface area (Å²) in [5.74, 6) is -0.00215. The Kier molecular flexibility index (Phi) is 4.36. The van der Waals surface area contributed by atoms with Crippen LogP contribution in [0.1, 0.15) is 0 Å². The van der Waals surface area contributed by atoms with E-state index in [-0.39, 0.29) is 11.6 Å². The molecule has 2 rings (SSSR count). The van der Waals surface area contributed by atoms with Crippen molar-refractivity contribution >= 4 is 23.5 Å². The minimum Gasteiger partial charge on any atom is -0.465 e. The maximum absolute atomic E-state index is 12.8. The highest BCUT2D eigenvalue weighted by Crippen LogP contribution is 2.28. The van der Waals surface area contributed by atoms with Crippen LogP contribution in [0.25, 0.3) is 0 Å². The third-order valence-electron chi connectivity index (χ3n) is 2.18. The van der Waals surface area contributed by atoms with Crippen molar-refractivity contribution in [2.45, 2.75) is 5.16 Å². The van der Waals surface area contributed by atoms with Crippen LogP contribution in [0.15, 0.2) is 35.6 Å². The molecule has 0 aliphatic rings. The Morgan fingerprint density at radius 1 is 1.40 bits per heavy atom. The predicted octanol–water partition coefficient (Wildman–Crippen LogP) is 3.22. The molecule has 0 aliphatic carbocycles. The van der Waals surface area contributed by atoms with Gasteiger partial charge in [0, 0.05) is 0 Å². The number of carbonyl (C=O) groups is 1. The summed E-state index contributed by atoms with van der Waals surface area (Å²) in [6.45, 7) is 0. The highest BCUT2D eigenvalue weighted by molar-refractivity contribution is 7.98. The third kappa shape index (κ3) is 3.58. The lowest BCUT2D eigenvalue weighted by Gasteiger charge is -2.10. The molecule has 8 heteroatoms. The average molecular weight is 295 g/mol. The molecule has 0 fully saturated rings. The summed E-state index contributed by atoms with van der Waals surface area (Å²) < 4.78 is 18.3. The first-order valence-corrected chi connectivity index (χ1v) is 6.65. The van der Waals surface area contributed by atoms with E-state index in [1.807, 2.05) is 0 Å². The molecular formula is C12H10FN3O3S. The molecule has 0 aliphatic heterocycles. The van der Waals surface area contributed by atoms with Crippen molar-refractivity contribution in [1.29, 1.82) is 0 Å². The maximum atomic E-state index is 12.8. The summed E-state index contributed by atoms with van der Waals surface area (Å²) in [6.07, 6.45) is 1.84. The third-order valence-corrected chi connectivity index (χ3v) is 2.75. The van der Waals surface area contributed by atoms with Crippen LogP contribution in [0.5, 0.6) is 11.6 Å². The van der Waals surface area contributed by atoms with E-state index >= 15 is 0 Å². The summed E-state index contributed by atoms with van der Waals surface area (Å²) in [5.41, 5.74) is 0.111. The van der Waals surface area contributed by atoms with Gasteiger partial charge in [-0.3, -0.25) is 5.32 Å². The molecule has 1 aromatic carbocycles. The standard InChI is InChI=1S/C12H10FN3O3S/c1-20-11-14-6-9(15-12(17)18)10(16-11)19-8-4-2-7(13)3-5-8/h2-6,15H,1H3,(H,17,18). The number of halogens is 1. The lowest BCUT2D eigenvalue weighted by molar-refractivity contribution is 0.209. The van der Waals surface area contributed by atoms with Gasteiger partial charge >= 0.3 is 6.09 Å². The number of thioether (sulfide) groups is 1. The minimum atomic E-state index is -1.26. The van der Waals surface area contributed by atoms with E-state index in [0.717, 1.165) is 0 Å². The smallest absolute Gasteiger partial charge is 0.409 e. The molecule has 0 unspecified atom stereocenters. The number of benzene rings is 1. The number of carboxylic acid groups (broad SMARTS) is 1. The van der Waals surface area contributed by atoms with E-state index in [1.54, 1.807) is 6.26 Å². The number of nitrogens with one attached hydrogen (secondary N) is 1. The van der Waals surface area contributed by atoms with Crippen LogP contribution in [0.4, 0.5) is 14.9 Å². The minimum absolute atomic E-state index is 0.0540. The number of hydrogen-bond donors (Lipinski definition) is 2. The van der Waals surface area contributed by atoms with Gasteiger partial charge in [0.1, 0.15) is 17.3 Å². The first-order valence-electron chi connectivity index (χ1n) is 5.43. The summed E-state index contributed by atoms with van der Waals surface area (Å²) in [4.78, 5) is 18.7. The Balaban J connectivity index is 2.31. The van der Waals surface area contributed by atoms with Crippen LogP contribution in [-0.2, 0) is 0 Å². The van der Waals surface area contributed by atoms with E-state index < -0.39 is 11.9 Å². The lowest BCUT2D eigenvalue weighted by Crippen LogP contribution is -2.09. The second kappa shape index (κ2) is 6.20. The van der Waals surface area contributed by atoms with E-state index in [2.05, 4.69) is 15.3 Å². The Morgan fingerprint density at radius 3 is 2.70 bits per heavy atom. The van der Waals surface area contributed by atoms with Crippen molar-refractivity contribution in [2.75, 3.05) is 11.6 Å². The predicted molar refractivity (Wildman–Crippen MR) is 71.9 cm³/mol. The number of nitrogens with zero attached hydrogens (tertiary/aromatic N) is 2. The van der Waals surface area contributed by atoms with Crippen LogP contribution in [0.3, 0.4) is 0 Å². The Labute approximate surface area is 118 Å². The van der Waals surface area contributed by atoms with E-state index in [9.17, 15) is 9.18 Å². The SMILES string of the molecule is CSc1ncc(NC(=O)O)c(Oc2ccc(F)cc2)n1. The van der Waals surface area contributed by atoms with Gasteiger partial charge in [0.2, 0.25) is 5.88 Å². The van der Waals surface area contributed by atoms with E-state index in [4.69, 9.17) is 9.84 Å². The van der Waals surface area contributed by atoms with Gasteiger partial charge in [-0.15, -0.1) is 0 Å². The molecule has 0 saturated carbocycles. The normalized spacial score (nSPS) is 10.1. The topological polar surface area (TPSA) is 84.3 Å². The number of amides is 1. The fraction of sp³-hybridized carbons (Fsp3) is 0.0833. The van der Waals surface area contributed by atoms with Gasteiger partial charge in [0.15, 0.2) is 5.16 Å². The van der Waals surface area contributed by atoms with Gasteiger partial charge in [0.25, 0.3) is 0 Å². The second-order valence-electron chi connectivity index (χ2n) is 3.56. The first-order chi connectivity index (χ1) is 9.58. The number of aromatic nitrogens is 2. The molecule has 1 amide bonds. The molecule has 0 atom stereocenters. The summed E-state index contributed by atoms with van der Waals surface area (Å²) in [5, 5.41) is 11.3. The number of rotatable bonds is 4. The van der Waals surface area contributed by atoms with Crippen molar-refractivity contribution in [3.05, 3.63) is 36.3 Å². The van der Waals surface area contributed by atoms with Crippen LogP contribution < -0.4 is 10.1 Å². The number of anilines is 1. The van der Waals surface area contributed by atoms with E-state index in [0.29, 0.717) is 10.9 Å². The number of ether oxygens (including phenoxy) is 1. The van der Waals surface area contributed by atoms with Gasteiger partial charge in [-0.25, -0.2) is 14.2 Å². The summed E-state index contributed by atoms with van der Waals surface area (Å²) in [6, 6.07) is 5.30. The summed E-state index contributed by atoms with van der Waals surface area (Å²) >= 11 is 1.29. The highest BCUT2D eigenvalue weighted by Gasteiger charge is 2.12. The molecule has 1 heterocycles. The molecule has 6 nitrogen and oxygen atoms in total. The zero-order valence-electron chi connectivity index (χ0n) is 10.3. The molecule has 0 spiro atoms. The van der Waals surface area contributed by atoms with Gasteiger partial charge in [-0.2, -0.15) is 4.98 Å². The van der Waals surface area contributed by atoms with Crippen LogP contribution in [0.2, 0.25) is 0 Å². The van der Waals surface area contributed by atoms with Crippen LogP contribution in [-0.4, -0.2) is 27.4 Å². The van der Waals surface area contributed by atoms with Gasteiger partial charge in [0.05, 0.1) is 6.20 Å². The lowest BCUT2D eigenvalue weighted by atomic mass is 10.3. The van der Waals surface area contributed by atoms with Gasteiger partial charge in [-0.1, -0.05) is 11.8 Å². The number of hydrogen-bond acceptors (Lipinski definition) is 5. The Hall–Kier alpha value is -2.35. The molecule has 2 N–H and O–H groups in total. The monoisotopic (exact) mass is 295 g/mol. The van der Waals surface area contributed by atoms with Crippen molar-refractivity contribution in [1.82, 2.24) is 9.97 Å². The first kappa shape index (κ1) is 14.1. The molecular weight excluding hydrogens is 285 g/mol. The maximum Gasteiger partial charge on any atom is 0.409 e. The fourth-order valence-electron chi connectivity index (χ4n) is 1.34. The zero-order chi connectivity index (χ0) is 14.5. The molecule has 0 saturated heterocycles. The average Bonchev–Trinajstić information content (AvgIpc) is 2.42. The Bertz CT molecular complexity index is 622. The second-order valence-corrected chi connectivity index (χ2v) is 4.34. The van der Waals surface area contributed by atoms with E-state index in [1.165, 1.54) is 42.2 Å². The van der Waals surface area contributed by atoms with Gasteiger partial charge in [-0.05, 0) is 30.5 Å². The van der Waals surface area contributed by atoms with Gasteiger partial charge < -0.3 is 9.84 Å². The molecule has 2 aromatic rings. The van der Waals surface area contributed by atoms with Crippen molar-refractivity contribution in [3.63, 3.8) is 0 Å².